The molecule has 1 saturated heterocycles. The monoisotopic (exact) mass is 294 g/mol. The molecule has 116 valence electrons. The largest absolute Gasteiger partial charge is 0.480 e. The molecule has 7 nitrogen and oxygen atoms in total. The molecule has 0 radical (unpaired) electrons. The quantitative estimate of drug-likeness (QED) is 0.761. The normalized spacial score (nSPS) is 17.5. The number of carbonyl (C=O) groups is 2. The van der Waals surface area contributed by atoms with Crippen molar-refractivity contribution in [1.29, 1.82) is 0 Å². The molecule has 7 heteroatoms. The third kappa shape index (κ3) is 4.21. The number of hydrogen-bond donors (Lipinski definition) is 3. The Labute approximate surface area is 123 Å². The Kier molecular flexibility index (Phi) is 5.19. The average Bonchev–Trinajstić information content (AvgIpc) is 2.99. The zero-order valence-electron chi connectivity index (χ0n) is 12.2. The number of H-pyrrole nitrogens is 1. The molecule has 1 aromatic heterocycles. The Hall–Kier alpha value is -2.05. The van der Waals surface area contributed by atoms with E-state index in [0.717, 1.165) is 19.3 Å². The number of aliphatic carboxylic acids is 1. The number of nitrogens with zero attached hydrogens (tertiary/aromatic N) is 2. The van der Waals surface area contributed by atoms with Crippen LogP contribution in [0.15, 0.2) is 12.5 Å². The number of aromatic amines is 1. The van der Waals surface area contributed by atoms with Gasteiger partial charge >= 0.3 is 12.0 Å². The van der Waals surface area contributed by atoms with Crippen molar-refractivity contribution < 1.29 is 14.7 Å². The van der Waals surface area contributed by atoms with Crippen molar-refractivity contribution in [2.45, 2.75) is 38.6 Å². The molecule has 0 spiro atoms. The lowest BCUT2D eigenvalue weighted by Crippen LogP contribution is -2.50. The van der Waals surface area contributed by atoms with Crippen LogP contribution in [0.25, 0.3) is 0 Å². The van der Waals surface area contributed by atoms with Gasteiger partial charge in [0.25, 0.3) is 0 Å². The fourth-order valence-corrected chi connectivity index (χ4v) is 2.60. The minimum atomic E-state index is -1.04. The molecule has 1 aliphatic rings. The number of urea groups is 1. The first-order valence-electron chi connectivity index (χ1n) is 7.35. The van der Waals surface area contributed by atoms with Gasteiger partial charge in [-0.25, -0.2) is 14.6 Å². The van der Waals surface area contributed by atoms with E-state index in [1.807, 2.05) is 0 Å². The lowest BCUT2D eigenvalue weighted by Gasteiger charge is -2.32. The van der Waals surface area contributed by atoms with Crippen molar-refractivity contribution in [3.8, 4) is 0 Å². The van der Waals surface area contributed by atoms with Crippen LogP contribution < -0.4 is 5.32 Å². The summed E-state index contributed by atoms with van der Waals surface area (Å²) in [4.78, 5) is 31.8. The van der Waals surface area contributed by atoms with Gasteiger partial charge in [-0.05, 0) is 18.8 Å². The third-order valence-corrected chi connectivity index (χ3v) is 4.05. The van der Waals surface area contributed by atoms with E-state index in [4.69, 9.17) is 0 Å². The van der Waals surface area contributed by atoms with Crippen molar-refractivity contribution >= 4 is 12.0 Å². The number of imidazole rings is 1. The maximum atomic E-state index is 12.2. The summed E-state index contributed by atoms with van der Waals surface area (Å²) in [7, 11) is 0. The highest BCUT2D eigenvalue weighted by molar-refractivity contribution is 5.82. The van der Waals surface area contributed by atoms with Crippen LogP contribution in [-0.4, -0.2) is 51.1 Å². The molecule has 0 unspecified atom stereocenters. The number of aromatic nitrogens is 2. The summed E-state index contributed by atoms with van der Waals surface area (Å²) in [6.07, 6.45) is 6.37. The molecule has 2 rings (SSSR count). The number of hydrogen-bond acceptors (Lipinski definition) is 3. The Morgan fingerprint density at radius 2 is 2.24 bits per heavy atom. The Bertz CT molecular complexity index is 467. The summed E-state index contributed by atoms with van der Waals surface area (Å²) < 4.78 is 0. The topological polar surface area (TPSA) is 98.3 Å². The zero-order valence-corrected chi connectivity index (χ0v) is 12.2. The Morgan fingerprint density at radius 1 is 1.52 bits per heavy atom. The maximum absolute atomic E-state index is 12.2. The first kappa shape index (κ1) is 15.3. The van der Waals surface area contributed by atoms with Gasteiger partial charge in [0.1, 0.15) is 6.04 Å². The van der Waals surface area contributed by atoms with E-state index in [-0.39, 0.29) is 12.5 Å². The number of likely N-dealkylation sites (tertiary alicyclic amines) is 1. The molecular weight excluding hydrogens is 272 g/mol. The predicted octanol–water partition coefficient (Wildman–Crippen LogP) is 1.24. The summed E-state index contributed by atoms with van der Waals surface area (Å²) >= 11 is 0. The van der Waals surface area contributed by atoms with Crippen molar-refractivity contribution in [1.82, 2.24) is 20.2 Å². The molecule has 2 heterocycles. The molecule has 1 fully saturated rings. The van der Waals surface area contributed by atoms with E-state index >= 15 is 0 Å². The van der Waals surface area contributed by atoms with E-state index in [1.54, 1.807) is 11.1 Å². The van der Waals surface area contributed by atoms with Gasteiger partial charge in [-0.2, -0.15) is 0 Å². The smallest absolute Gasteiger partial charge is 0.326 e. The highest BCUT2D eigenvalue weighted by Crippen LogP contribution is 2.19. The fourth-order valence-electron chi connectivity index (χ4n) is 2.60. The van der Waals surface area contributed by atoms with Gasteiger partial charge < -0.3 is 20.3 Å². The number of carbonyl (C=O) groups excluding carboxylic acids is 1. The fraction of sp³-hybridized carbons (Fsp3) is 0.643. The van der Waals surface area contributed by atoms with Crippen LogP contribution in [-0.2, 0) is 11.2 Å². The van der Waals surface area contributed by atoms with E-state index in [0.29, 0.717) is 24.7 Å². The van der Waals surface area contributed by atoms with Gasteiger partial charge in [0.15, 0.2) is 0 Å². The number of piperidine rings is 1. The van der Waals surface area contributed by atoms with E-state index in [2.05, 4.69) is 22.2 Å². The SMILES string of the molecule is CCC1CCN(C(=O)N[C@@H](Cc2cnc[nH]2)C(=O)O)CC1. The lowest BCUT2D eigenvalue weighted by molar-refractivity contribution is -0.139. The number of carboxylic acid groups (broad SMARTS) is 1. The molecule has 1 atom stereocenters. The molecular formula is C14H22N4O3. The first-order valence-corrected chi connectivity index (χ1v) is 7.35. The lowest BCUT2D eigenvalue weighted by atomic mass is 9.95. The maximum Gasteiger partial charge on any atom is 0.326 e. The van der Waals surface area contributed by atoms with Crippen molar-refractivity contribution in [2.75, 3.05) is 13.1 Å². The summed E-state index contributed by atoms with van der Waals surface area (Å²) in [6, 6.07) is -1.24. The van der Waals surface area contributed by atoms with E-state index < -0.39 is 12.0 Å². The molecule has 0 aromatic carbocycles. The number of amides is 2. The summed E-state index contributed by atoms with van der Waals surface area (Å²) in [6.45, 7) is 3.55. The van der Waals surface area contributed by atoms with Crippen molar-refractivity contribution in [2.24, 2.45) is 5.92 Å². The number of nitrogens with one attached hydrogen (secondary N) is 2. The summed E-state index contributed by atoms with van der Waals surface area (Å²) in [5, 5.41) is 11.8. The second-order valence-corrected chi connectivity index (χ2v) is 5.46. The minimum absolute atomic E-state index is 0.201. The van der Waals surface area contributed by atoms with Crippen LogP contribution in [0.2, 0.25) is 0 Å². The second-order valence-electron chi connectivity index (χ2n) is 5.46. The van der Waals surface area contributed by atoms with Gasteiger partial charge in [-0.15, -0.1) is 0 Å². The molecule has 3 N–H and O–H groups in total. The van der Waals surface area contributed by atoms with Gasteiger partial charge in [0.2, 0.25) is 0 Å². The number of carboxylic acids is 1. The van der Waals surface area contributed by atoms with E-state index in [9.17, 15) is 14.7 Å². The number of rotatable bonds is 5. The average molecular weight is 294 g/mol. The van der Waals surface area contributed by atoms with Crippen LogP contribution in [0.4, 0.5) is 4.79 Å². The van der Waals surface area contributed by atoms with Gasteiger partial charge in [-0.1, -0.05) is 13.3 Å². The van der Waals surface area contributed by atoms with Crippen LogP contribution in [0.5, 0.6) is 0 Å². The van der Waals surface area contributed by atoms with E-state index in [1.165, 1.54) is 6.33 Å². The van der Waals surface area contributed by atoms with Crippen molar-refractivity contribution in [3.63, 3.8) is 0 Å². The molecule has 2 amide bonds. The highest BCUT2D eigenvalue weighted by atomic mass is 16.4. The minimum Gasteiger partial charge on any atom is -0.480 e. The Morgan fingerprint density at radius 3 is 2.76 bits per heavy atom. The Balaban J connectivity index is 1.88. The first-order chi connectivity index (χ1) is 10.1. The summed E-state index contributed by atoms with van der Waals surface area (Å²) in [5.41, 5.74) is 0.687. The van der Waals surface area contributed by atoms with Crippen LogP contribution in [0, 0.1) is 5.92 Å². The van der Waals surface area contributed by atoms with Crippen LogP contribution >= 0.6 is 0 Å². The second kappa shape index (κ2) is 7.10. The highest BCUT2D eigenvalue weighted by Gasteiger charge is 2.26. The van der Waals surface area contributed by atoms with Crippen LogP contribution in [0.3, 0.4) is 0 Å². The van der Waals surface area contributed by atoms with Gasteiger partial charge in [0, 0.05) is 31.4 Å². The molecule has 0 bridgehead atoms. The molecule has 1 aliphatic heterocycles. The molecule has 0 saturated carbocycles. The van der Waals surface area contributed by atoms with Crippen molar-refractivity contribution in [3.05, 3.63) is 18.2 Å². The van der Waals surface area contributed by atoms with Gasteiger partial charge in [0.05, 0.1) is 6.33 Å². The molecule has 21 heavy (non-hydrogen) atoms. The standard InChI is InChI=1S/C14H22N4O3/c1-2-10-3-5-18(6-4-10)14(21)17-12(13(19)20)7-11-8-15-9-16-11/h8-10,12H,2-7H2,1H3,(H,15,16)(H,17,21)(H,19,20)/t12-/m0/s1. The third-order valence-electron chi connectivity index (χ3n) is 4.05. The van der Waals surface area contributed by atoms with Crippen LogP contribution in [0.1, 0.15) is 31.9 Å². The zero-order chi connectivity index (χ0) is 15.2. The molecule has 1 aromatic rings. The predicted molar refractivity (Wildman–Crippen MR) is 76.8 cm³/mol. The summed E-state index contributed by atoms with van der Waals surface area (Å²) in [5.74, 6) is -0.365. The molecule has 0 aliphatic carbocycles. The van der Waals surface area contributed by atoms with Gasteiger partial charge in [-0.3, -0.25) is 0 Å².